The van der Waals surface area contributed by atoms with Crippen LogP contribution in [0, 0.1) is 5.92 Å². The van der Waals surface area contributed by atoms with Gasteiger partial charge >= 0.3 is 0 Å². The Morgan fingerprint density at radius 3 is 2.81 bits per heavy atom. The highest BCUT2D eigenvalue weighted by Gasteiger charge is 2.30. The Morgan fingerprint density at radius 2 is 2.25 bits per heavy atom. The predicted octanol–water partition coefficient (Wildman–Crippen LogP) is 1.03. The van der Waals surface area contributed by atoms with E-state index in [-0.39, 0.29) is 24.4 Å². The average molecular weight is 251 g/mol. The fourth-order valence-electron chi connectivity index (χ4n) is 2.25. The van der Waals surface area contributed by atoms with Crippen molar-refractivity contribution in [3.8, 4) is 0 Å². The summed E-state index contributed by atoms with van der Waals surface area (Å²) >= 11 is 0. The Balaban J connectivity index is 0.00000225. The van der Waals surface area contributed by atoms with Crippen LogP contribution >= 0.6 is 12.4 Å². The van der Waals surface area contributed by atoms with Crippen molar-refractivity contribution in [2.45, 2.75) is 32.2 Å². The first-order valence-electron chi connectivity index (χ1n) is 5.69. The van der Waals surface area contributed by atoms with Gasteiger partial charge in [0.2, 0.25) is 5.91 Å². The van der Waals surface area contributed by atoms with Crippen LogP contribution < -0.4 is 5.73 Å². The summed E-state index contributed by atoms with van der Waals surface area (Å²) in [5.41, 5.74) is 5.73. The van der Waals surface area contributed by atoms with Gasteiger partial charge < -0.3 is 15.4 Å². The minimum Gasteiger partial charge on any atom is -0.384 e. The number of carbonyl (C=O) groups is 1. The summed E-state index contributed by atoms with van der Waals surface area (Å²) in [6.07, 6.45) is 2.74. The van der Waals surface area contributed by atoms with Crippen molar-refractivity contribution >= 4 is 18.3 Å². The van der Waals surface area contributed by atoms with Gasteiger partial charge in [-0.1, -0.05) is 6.92 Å². The number of nitrogens with zero attached hydrogens (tertiary/aromatic N) is 1. The molecule has 1 saturated heterocycles. The molecule has 0 aromatic carbocycles. The molecule has 5 heteroatoms. The van der Waals surface area contributed by atoms with Gasteiger partial charge in [-0.25, -0.2) is 0 Å². The van der Waals surface area contributed by atoms with Crippen molar-refractivity contribution in [2.75, 3.05) is 26.8 Å². The van der Waals surface area contributed by atoms with Crippen LogP contribution in [0.15, 0.2) is 0 Å². The third kappa shape index (κ3) is 3.92. The first-order chi connectivity index (χ1) is 7.20. The molecule has 4 nitrogen and oxygen atoms in total. The zero-order chi connectivity index (χ0) is 11.3. The lowest BCUT2D eigenvalue weighted by Gasteiger charge is -2.39. The lowest BCUT2D eigenvalue weighted by Crippen LogP contribution is -2.51. The van der Waals surface area contributed by atoms with E-state index in [0.717, 1.165) is 13.0 Å². The van der Waals surface area contributed by atoms with Gasteiger partial charge in [-0.05, 0) is 18.8 Å². The maximum Gasteiger partial charge on any atom is 0.225 e. The molecule has 0 saturated carbocycles. The highest BCUT2D eigenvalue weighted by atomic mass is 35.5. The number of carbonyl (C=O) groups excluding carboxylic acids is 1. The fourth-order valence-corrected chi connectivity index (χ4v) is 2.25. The molecule has 0 aliphatic carbocycles. The van der Waals surface area contributed by atoms with E-state index in [2.05, 4.69) is 6.92 Å². The summed E-state index contributed by atoms with van der Waals surface area (Å²) in [4.78, 5) is 13.8. The number of likely N-dealkylation sites (tertiary alicyclic amines) is 1. The number of hydrogen-bond donors (Lipinski definition) is 1. The van der Waals surface area contributed by atoms with Gasteiger partial charge in [0.15, 0.2) is 0 Å². The number of piperidine rings is 1. The molecule has 1 rings (SSSR count). The number of nitrogens with two attached hydrogens (primary N) is 1. The summed E-state index contributed by atoms with van der Waals surface area (Å²) < 4.78 is 4.92. The van der Waals surface area contributed by atoms with Crippen LogP contribution in [0.2, 0.25) is 0 Å². The minimum absolute atomic E-state index is 0. The molecular weight excluding hydrogens is 228 g/mol. The fraction of sp³-hybridized carbons (Fsp3) is 0.909. The number of methoxy groups -OCH3 is 1. The lowest BCUT2D eigenvalue weighted by atomic mass is 9.90. The summed E-state index contributed by atoms with van der Waals surface area (Å²) in [7, 11) is 1.62. The van der Waals surface area contributed by atoms with Crippen molar-refractivity contribution in [1.82, 2.24) is 4.90 Å². The quantitative estimate of drug-likeness (QED) is 0.811. The zero-order valence-corrected chi connectivity index (χ0v) is 11.0. The van der Waals surface area contributed by atoms with Crippen molar-refractivity contribution in [1.29, 1.82) is 0 Å². The van der Waals surface area contributed by atoms with E-state index in [1.54, 1.807) is 7.11 Å². The first-order valence-corrected chi connectivity index (χ1v) is 5.69. The van der Waals surface area contributed by atoms with E-state index < -0.39 is 0 Å². The van der Waals surface area contributed by atoms with Crippen molar-refractivity contribution < 1.29 is 9.53 Å². The summed E-state index contributed by atoms with van der Waals surface area (Å²) in [5.74, 6) is 0.703. The first kappa shape index (κ1) is 15.7. The van der Waals surface area contributed by atoms with E-state index >= 15 is 0 Å². The second-order valence-corrected chi connectivity index (χ2v) is 4.25. The van der Waals surface area contributed by atoms with Crippen LogP contribution in [0.25, 0.3) is 0 Å². The summed E-state index contributed by atoms with van der Waals surface area (Å²) in [6, 6.07) is 0.225. The predicted molar refractivity (Wildman–Crippen MR) is 66.7 cm³/mol. The van der Waals surface area contributed by atoms with Gasteiger partial charge in [-0.15, -0.1) is 12.4 Å². The standard InChI is InChI=1S/C11H22N2O2.ClH/c1-9-4-3-6-13(10(9)8-12)11(14)5-7-15-2;/h9-10H,3-8,12H2,1-2H3;1H. The molecule has 0 bridgehead atoms. The van der Waals surface area contributed by atoms with Gasteiger partial charge in [-0.2, -0.15) is 0 Å². The van der Waals surface area contributed by atoms with Gasteiger partial charge in [-0.3, -0.25) is 4.79 Å². The Hall–Kier alpha value is -0.320. The summed E-state index contributed by atoms with van der Waals surface area (Å²) in [5, 5.41) is 0. The molecule has 2 N–H and O–H groups in total. The van der Waals surface area contributed by atoms with Crippen LogP contribution in [0.4, 0.5) is 0 Å². The van der Waals surface area contributed by atoms with Crippen molar-refractivity contribution in [2.24, 2.45) is 11.7 Å². The molecule has 1 heterocycles. The molecule has 16 heavy (non-hydrogen) atoms. The Morgan fingerprint density at radius 1 is 1.56 bits per heavy atom. The smallest absolute Gasteiger partial charge is 0.225 e. The second kappa shape index (κ2) is 7.87. The Kier molecular flexibility index (Phi) is 7.72. The van der Waals surface area contributed by atoms with Crippen LogP contribution in [-0.4, -0.2) is 43.7 Å². The van der Waals surface area contributed by atoms with Crippen molar-refractivity contribution in [3.05, 3.63) is 0 Å². The third-order valence-electron chi connectivity index (χ3n) is 3.20. The monoisotopic (exact) mass is 250 g/mol. The molecule has 0 spiro atoms. The number of hydrogen-bond acceptors (Lipinski definition) is 3. The van der Waals surface area contributed by atoms with Crippen LogP contribution in [-0.2, 0) is 9.53 Å². The molecular formula is C11H23ClN2O2. The average Bonchev–Trinajstić information content (AvgIpc) is 2.25. The molecule has 2 atom stereocenters. The van der Waals surface area contributed by atoms with Gasteiger partial charge in [0, 0.05) is 26.2 Å². The second-order valence-electron chi connectivity index (χ2n) is 4.25. The SMILES string of the molecule is COCCC(=O)N1CCCC(C)C1CN.Cl. The number of amides is 1. The highest BCUT2D eigenvalue weighted by molar-refractivity contribution is 5.85. The number of rotatable bonds is 4. The lowest BCUT2D eigenvalue weighted by molar-refractivity contribution is -0.136. The maximum absolute atomic E-state index is 11.9. The van der Waals surface area contributed by atoms with E-state index in [9.17, 15) is 4.79 Å². The van der Waals surface area contributed by atoms with E-state index in [0.29, 0.717) is 25.5 Å². The molecule has 1 aliphatic heterocycles. The van der Waals surface area contributed by atoms with Gasteiger partial charge in [0.1, 0.15) is 0 Å². The van der Waals surface area contributed by atoms with E-state index in [1.807, 2.05) is 4.90 Å². The Labute approximate surface area is 104 Å². The molecule has 1 fully saturated rings. The normalized spacial score (nSPS) is 25.1. The van der Waals surface area contributed by atoms with E-state index in [4.69, 9.17) is 10.5 Å². The van der Waals surface area contributed by atoms with Gasteiger partial charge in [0.25, 0.3) is 0 Å². The maximum atomic E-state index is 11.9. The highest BCUT2D eigenvalue weighted by Crippen LogP contribution is 2.23. The summed E-state index contributed by atoms with van der Waals surface area (Å²) in [6.45, 7) is 4.10. The van der Waals surface area contributed by atoms with Crippen LogP contribution in [0.5, 0.6) is 0 Å². The molecule has 0 radical (unpaired) electrons. The molecule has 1 aliphatic rings. The number of halogens is 1. The molecule has 96 valence electrons. The van der Waals surface area contributed by atoms with E-state index in [1.165, 1.54) is 6.42 Å². The molecule has 0 aromatic heterocycles. The molecule has 0 aromatic rings. The zero-order valence-electron chi connectivity index (χ0n) is 10.1. The third-order valence-corrected chi connectivity index (χ3v) is 3.20. The topological polar surface area (TPSA) is 55.6 Å². The minimum atomic E-state index is 0. The molecule has 1 amide bonds. The number of ether oxygens (including phenoxy) is 1. The van der Waals surface area contributed by atoms with Crippen LogP contribution in [0.1, 0.15) is 26.2 Å². The van der Waals surface area contributed by atoms with Crippen LogP contribution in [0.3, 0.4) is 0 Å². The Bertz CT molecular complexity index is 214. The largest absolute Gasteiger partial charge is 0.384 e. The van der Waals surface area contributed by atoms with Crippen molar-refractivity contribution in [3.63, 3.8) is 0 Å². The molecule has 2 unspecified atom stereocenters. The van der Waals surface area contributed by atoms with Gasteiger partial charge in [0.05, 0.1) is 13.0 Å².